The summed E-state index contributed by atoms with van der Waals surface area (Å²) in [7, 11) is 4.08. The molecule has 2 N–H and O–H groups in total. The van der Waals surface area contributed by atoms with Crippen LogP contribution in [0.4, 0.5) is 0 Å². The molecule has 1 aliphatic rings. The van der Waals surface area contributed by atoms with E-state index < -0.39 is 23.6 Å². The van der Waals surface area contributed by atoms with Gasteiger partial charge in [-0.2, -0.15) is 10.3 Å². The van der Waals surface area contributed by atoms with Gasteiger partial charge in [0.1, 0.15) is 11.5 Å². The molecule has 0 bridgehead atoms. The summed E-state index contributed by atoms with van der Waals surface area (Å²) in [6, 6.07) is 13.1. The van der Waals surface area contributed by atoms with E-state index in [1.807, 2.05) is 0 Å². The fourth-order valence-electron chi connectivity index (χ4n) is 3.64. The molecule has 1 heterocycles. The maximum absolute atomic E-state index is 12.0. The van der Waals surface area contributed by atoms with E-state index in [9.17, 15) is 15.2 Å². The van der Waals surface area contributed by atoms with E-state index in [0.717, 1.165) is 0 Å². The summed E-state index contributed by atoms with van der Waals surface area (Å²) in [5.74, 6) is 0.261. The van der Waals surface area contributed by atoms with E-state index in [1.165, 1.54) is 21.3 Å². The first-order valence-corrected chi connectivity index (χ1v) is 9.96. The van der Waals surface area contributed by atoms with Crippen molar-refractivity contribution in [2.45, 2.75) is 31.0 Å². The van der Waals surface area contributed by atoms with Crippen molar-refractivity contribution < 1.29 is 33.6 Å². The van der Waals surface area contributed by atoms with Crippen LogP contribution in [-0.4, -0.2) is 56.0 Å². The van der Waals surface area contributed by atoms with Gasteiger partial charge in [-0.05, 0) is 37.3 Å². The predicted octanol–water partition coefficient (Wildman–Crippen LogP) is 1.98. The average molecular weight is 455 g/mol. The summed E-state index contributed by atoms with van der Waals surface area (Å²) in [5.41, 5.74) is -2.85. The van der Waals surface area contributed by atoms with Crippen LogP contribution in [0.5, 0.6) is 11.5 Å². The number of rotatable bonds is 6. The topological polar surface area (TPSA) is 132 Å². The van der Waals surface area contributed by atoms with Gasteiger partial charge in [0.25, 0.3) is 0 Å². The van der Waals surface area contributed by atoms with Gasteiger partial charge in [-0.15, -0.1) is 0 Å². The molecule has 2 aromatic rings. The molecule has 0 radical (unpaired) electrons. The normalized spacial score (nSPS) is 22.0. The monoisotopic (exact) mass is 455 g/mol. The molecular formula is C23H25N3O7. The van der Waals surface area contributed by atoms with Gasteiger partial charge in [-0.1, -0.05) is 18.2 Å². The zero-order valence-corrected chi connectivity index (χ0v) is 18.7. The van der Waals surface area contributed by atoms with Gasteiger partial charge in [0.15, 0.2) is 6.19 Å². The molecule has 0 fully saturated rings. The first-order chi connectivity index (χ1) is 15.8. The first kappa shape index (κ1) is 24.0. The summed E-state index contributed by atoms with van der Waals surface area (Å²) in [5, 5.41) is 23.4. The minimum atomic E-state index is -2.04. The predicted molar refractivity (Wildman–Crippen MR) is 117 cm³/mol. The van der Waals surface area contributed by atoms with Gasteiger partial charge in [-0.3, -0.25) is 0 Å². The van der Waals surface area contributed by atoms with Gasteiger partial charge in [0.05, 0.1) is 12.7 Å². The van der Waals surface area contributed by atoms with Crippen LogP contribution >= 0.6 is 0 Å². The number of hydrogen-bond acceptors (Lipinski definition) is 9. The van der Waals surface area contributed by atoms with Crippen LogP contribution < -0.4 is 14.8 Å². The Balaban J connectivity index is 2.11. The highest BCUT2D eigenvalue weighted by Gasteiger charge is 2.59. The molecule has 0 amide bonds. The lowest BCUT2D eigenvalue weighted by molar-refractivity contribution is -0.263. The number of nitrogens with one attached hydrogen (secondary N) is 1. The zero-order chi connectivity index (χ0) is 24.1. The maximum atomic E-state index is 12.0. The molecule has 10 nitrogen and oxygen atoms in total. The number of aliphatic hydroxyl groups is 1. The van der Waals surface area contributed by atoms with Crippen molar-refractivity contribution in [1.29, 1.82) is 5.26 Å². The lowest BCUT2D eigenvalue weighted by atomic mass is 9.82. The van der Waals surface area contributed by atoms with Gasteiger partial charge in [0, 0.05) is 26.2 Å². The van der Waals surface area contributed by atoms with Crippen molar-refractivity contribution in [3.63, 3.8) is 0 Å². The Kier molecular flexibility index (Phi) is 7.18. The number of benzene rings is 2. The van der Waals surface area contributed by atoms with E-state index in [2.05, 4.69) is 10.3 Å². The number of para-hydroxylation sites is 1. The van der Waals surface area contributed by atoms with Crippen LogP contribution in [0.25, 0.3) is 0 Å². The third kappa shape index (κ3) is 4.75. The summed E-state index contributed by atoms with van der Waals surface area (Å²) in [6.45, 7) is 1.57. The second-order valence-corrected chi connectivity index (χ2v) is 7.39. The second kappa shape index (κ2) is 9.87. The molecule has 0 aliphatic carbocycles. The van der Waals surface area contributed by atoms with Crippen LogP contribution in [0.15, 0.2) is 53.5 Å². The molecule has 33 heavy (non-hydrogen) atoms. The van der Waals surface area contributed by atoms with Crippen molar-refractivity contribution in [1.82, 2.24) is 5.32 Å². The SMILES string of the molecule is COC(=O)c1ccc2c(c1)CC(O)(/N=C(/NC#N)Oc1ccccc1)C(C)(C(OC)OC)O2. The summed E-state index contributed by atoms with van der Waals surface area (Å²) >= 11 is 0. The van der Waals surface area contributed by atoms with E-state index in [4.69, 9.17) is 23.7 Å². The number of amidine groups is 1. The van der Waals surface area contributed by atoms with Crippen LogP contribution in [0.1, 0.15) is 22.8 Å². The second-order valence-electron chi connectivity index (χ2n) is 7.39. The van der Waals surface area contributed by atoms with Gasteiger partial charge in [-0.25, -0.2) is 10.1 Å². The summed E-state index contributed by atoms with van der Waals surface area (Å²) in [6.07, 6.45) is 0.584. The fraction of sp³-hybridized carbons (Fsp3) is 0.348. The molecule has 0 saturated carbocycles. The van der Waals surface area contributed by atoms with E-state index >= 15 is 0 Å². The number of fused-ring (bicyclic) bond motifs is 1. The maximum Gasteiger partial charge on any atom is 0.337 e. The quantitative estimate of drug-likeness (QED) is 0.168. The lowest BCUT2D eigenvalue weighted by Gasteiger charge is -2.48. The lowest BCUT2D eigenvalue weighted by Crippen LogP contribution is -2.66. The fourth-order valence-corrected chi connectivity index (χ4v) is 3.64. The minimum absolute atomic E-state index is 0.109. The molecule has 0 saturated heterocycles. The number of nitrogens with zero attached hydrogens (tertiary/aromatic N) is 2. The number of ether oxygens (including phenoxy) is 5. The van der Waals surface area contributed by atoms with Gasteiger partial charge < -0.3 is 28.8 Å². The molecule has 10 heteroatoms. The highest BCUT2D eigenvalue weighted by Crippen LogP contribution is 2.44. The van der Waals surface area contributed by atoms with E-state index in [-0.39, 0.29) is 18.0 Å². The number of carbonyl (C=O) groups is 1. The van der Waals surface area contributed by atoms with Gasteiger partial charge in [0.2, 0.25) is 17.6 Å². The van der Waals surface area contributed by atoms with Crippen molar-refractivity contribution >= 4 is 12.0 Å². The third-order valence-electron chi connectivity index (χ3n) is 5.32. The van der Waals surface area contributed by atoms with Crippen LogP contribution in [0.2, 0.25) is 0 Å². The Morgan fingerprint density at radius 2 is 1.91 bits per heavy atom. The Labute approximate surface area is 191 Å². The Morgan fingerprint density at radius 1 is 1.21 bits per heavy atom. The molecule has 3 rings (SSSR count). The summed E-state index contributed by atoms with van der Waals surface area (Å²) in [4.78, 5) is 16.3. The molecule has 2 unspecified atom stereocenters. The number of carbonyl (C=O) groups excluding carboxylic acids is 1. The number of nitriles is 1. The van der Waals surface area contributed by atoms with Gasteiger partial charge >= 0.3 is 12.0 Å². The van der Waals surface area contributed by atoms with E-state index in [0.29, 0.717) is 17.1 Å². The average Bonchev–Trinajstić information content (AvgIpc) is 2.80. The molecule has 1 aliphatic heterocycles. The molecule has 2 aromatic carbocycles. The Morgan fingerprint density at radius 3 is 2.52 bits per heavy atom. The Hall–Kier alpha value is -3.65. The minimum Gasteiger partial charge on any atom is -0.477 e. The first-order valence-electron chi connectivity index (χ1n) is 9.96. The number of hydrogen-bond donors (Lipinski definition) is 2. The standard InChI is InChI=1S/C23H25N3O7/c1-22(20(30-3)31-4)23(28,26-21(25-14-24)32-17-8-6-5-7-9-17)13-16-12-15(19(27)29-2)10-11-18(16)33-22/h5-12,20,28H,13H2,1-4H3,(H,25,26). The highest BCUT2D eigenvalue weighted by molar-refractivity contribution is 5.89. The van der Waals surface area contributed by atoms with E-state index in [1.54, 1.807) is 61.6 Å². The summed E-state index contributed by atoms with van der Waals surface area (Å²) < 4.78 is 27.4. The third-order valence-corrected chi connectivity index (χ3v) is 5.32. The highest BCUT2D eigenvalue weighted by atomic mass is 16.7. The van der Waals surface area contributed by atoms with Crippen LogP contribution in [0, 0.1) is 11.5 Å². The molecular weight excluding hydrogens is 430 g/mol. The number of methoxy groups -OCH3 is 3. The molecule has 0 spiro atoms. The molecule has 0 aromatic heterocycles. The van der Waals surface area contributed by atoms with Crippen molar-refractivity contribution in [3.8, 4) is 17.7 Å². The zero-order valence-electron chi connectivity index (χ0n) is 18.7. The van der Waals surface area contributed by atoms with Crippen LogP contribution in [0.3, 0.4) is 0 Å². The Bertz CT molecular complexity index is 1070. The number of aliphatic imine (C=N–C) groups is 1. The van der Waals surface area contributed by atoms with Crippen molar-refractivity contribution in [3.05, 3.63) is 59.7 Å². The van der Waals surface area contributed by atoms with Crippen LogP contribution in [-0.2, 0) is 20.6 Å². The smallest absolute Gasteiger partial charge is 0.337 e. The number of esters is 1. The molecule has 2 atom stereocenters. The molecule has 174 valence electrons. The van der Waals surface area contributed by atoms with Crippen molar-refractivity contribution in [2.24, 2.45) is 4.99 Å². The largest absolute Gasteiger partial charge is 0.477 e. The van der Waals surface area contributed by atoms with Crippen molar-refractivity contribution in [2.75, 3.05) is 21.3 Å².